The maximum absolute atomic E-state index is 4.48. The SMILES string of the molecule is CCCN1C=CN(Cn2ccnc2-c2ccccc2)C1. The van der Waals surface area contributed by atoms with E-state index >= 15 is 0 Å². The van der Waals surface area contributed by atoms with Gasteiger partial charge in [-0.2, -0.15) is 0 Å². The van der Waals surface area contributed by atoms with E-state index in [1.54, 1.807) is 0 Å². The minimum Gasteiger partial charge on any atom is -0.359 e. The van der Waals surface area contributed by atoms with Gasteiger partial charge in [-0.25, -0.2) is 4.98 Å². The molecule has 0 fully saturated rings. The summed E-state index contributed by atoms with van der Waals surface area (Å²) < 4.78 is 2.19. The minimum absolute atomic E-state index is 0.834. The van der Waals surface area contributed by atoms with Gasteiger partial charge in [0.2, 0.25) is 0 Å². The fourth-order valence-electron chi connectivity index (χ4n) is 2.51. The molecule has 1 aliphatic rings. The van der Waals surface area contributed by atoms with Crippen molar-refractivity contribution in [1.82, 2.24) is 19.4 Å². The van der Waals surface area contributed by atoms with Crippen LogP contribution >= 0.6 is 0 Å². The van der Waals surface area contributed by atoms with Gasteiger partial charge in [0.15, 0.2) is 0 Å². The molecule has 104 valence electrons. The highest BCUT2D eigenvalue weighted by molar-refractivity contribution is 5.55. The Hall–Kier alpha value is -2.23. The second kappa shape index (κ2) is 5.82. The van der Waals surface area contributed by atoms with Crippen LogP contribution in [-0.2, 0) is 6.67 Å². The summed E-state index contributed by atoms with van der Waals surface area (Å²) in [4.78, 5) is 9.11. The highest BCUT2D eigenvalue weighted by Crippen LogP contribution is 2.18. The molecule has 0 saturated carbocycles. The molecule has 1 aromatic heterocycles. The number of nitrogens with zero attached hydrogens (tertiary/aromatic N) is 4. The van der Waals surface area contributed by atoms with Crippen LogP contribution in [0.25, 0.3) is 11.4 Å². The van der Waals surface area contributed by atoms with Gasteiger partial charge in [-0.3, -0.25) is 0 Å². The highest BCUT2D eigenvalue weighted by Gasteiger charge is 2.13. The Morgan fingerprint density at radius 2 is 1.90 bits per heavy atom. The van der Waals surface area contributed by atoms with Crippen LogP contribution in [0, 0.1) is 0 Å². The molecule has 0 spiro atoms. The van der Waals surface area contributed by atoms with Crippen molar-refractivity contribution in [2.75, 3.05) is 13.2 Å². The summed E-state index contributed by atoms with van der Waals surface area (Å²) in [6.45, 7) is 5.11. The molecule has 0 bridgehead atoms. The monoisotopic (exact) mass is 268 g/mol. The lowest BCUT2D eigenvalue weighted by Crippen LogP contribution is -2.27. The van der Waals surface area contributed by atoms with Gasteiger partial charge in [0, 0.05) is 36.9 Å². The van der Waals surface area contributed by atoms with Crippen molar-refractivity contribution in [2.45, 2.75) is 20.0 Å². The summed E-state index contributed by atoms with van der Waals surface area (Å²) in [5.41, 5.74) is 1.16. The molecule has 0 radical (unpaired) electrons. The fourth-order valence-corrected chi connectivity index (χ4v) is 2.51. The highest BCUT2D eigenvalue weighted by atomic mass is 15.4. The molecule has 0 N–H and O–H groups in total. The van der Waals surface area contributed by atoms with Crippen LogP contribution in [0.15, 0.2) is 55.1 Å². The van der Waals surface area contributed by atoms with Gasteiger partial charge in [-0.05, 0) is 6.42 Å². The van der Waals surface area contributed by atoms with Gasteiger partial charge in [-0.1, -0.05) is 37.3 Å². The van der Waals surface area contributed by atoms with Crippen LogP contribution in [0.4, 0.5) is 0 Å². The zero-order valence-electron chi connectivity index (χ0n) is 11.8. The van der Waals surface area contributed by atoms with Crippen LogP contribution in [-0.4, -0.2) is 32.6 Å². The first kappa shape index (κ1) is 12.8. The first-order valence-electron chi connectivity index (χ1n) is 7.10. The Kier molecular flexibility index (Phi) is 3.72. The standard InChI is InChI=1S/C16H20N4/c1-2-9-18-11-12-19(13-18)14-20-10-8-17-16(20)15-6-4-3-5-7-15/h3-8,10-12H,2,9,13-14H2,1H3. The Labute approximate surface area is 120 Å². The molecule has 2 heterocycles. The third-order valence-electron chi connectivity index (χ3n) is 3.44. The number of imidazole rings is 1. The smallest absolute Gasteiger partial charge is 0.141 e. The summed E-state index contributed by atoms with van der Waals surface area (Å²) in [6, 6.07) is 10.3. The molecule has 0 amide bonds. The first-order valence-corrected chi connectivity index (χ1v) is 7.10. The normalized spacial score (nSPS) is 14.2. The van der Waals surface area contributed by atoms with E-state index in [0.717, 1.165) is 31.3 Å². The molecule has 1 aliphatic heterocycles. The quantitative estimate of drug-likeness (QED) is 0.833. The number of benzene rings is 1. The Bertz CT molecular complexity index is 573. The third-order valence-corrected chi connectivity index (χ3v) is 3.44. The van der Waals surface area contributed by atoms with E-state index < -0.39 is 0 Å². The second-order valence-electron chi connectivity index (χ2n) is 5.07. The van der Waals surface area contributed by atoms with Crippen LogP contribution in [0.2, 0.25) is 0 Å². The van der Waals surface area contributed by atoms with Gasteiger partial charge in [-0.15, -0.1) is 0 Å². The molecule has 1 aromatic carbocycles. The average molecular weight is 268 g/mol. The lowest BCUT2D eigenvalue weighted by atomic mass is 10.2. The molecule has 4 nitrogen and oxygen atoms in total. The fraction of sp³-hybridized carbons (Fsp3) is 0.312. The number of hydrogen-bond donors (Lipinski definition) is 0. The number of rotatable bonds is 5. The molecule has 0 unspecified atom stereocenters. The largest absolute Gasteiger partial charge is 0.359 e. The minimum atomic E-state index is 0.834. The van der Waals surface area contributed by atoms with E-state index in [4.69, 9.17) is 0 Å². The summed E-state index contributed by atoms with van der Waals surface area (Å²) in [5.74, 6) is 1.02. The van der Waals surface area contributed by atoms with Gasteiger partial charge in [0.05, 0.1) is 13.3 Å². The van der Waals surface area contributed by atoms with Crippen LogP contribution in [0.1, 0.15) is 13.3 Å². The lowest BCUT2D eigenvalue weighted by Gasteiger charge is -2.22. The van der Waals surface area contributed by atoms with Gasteiger partial charge in [0.1, 0.15) is 5.82 Å². The number of hydrogen-bond acceptors (Lipinski definition) is 3. The van der Waals surface area contributed by atoms with E-state index in [2.05, 4.69) is 50.8 Å². The molecule has 0 atom stereocenters. The predicted octanol–water partition coefficient (Wildman–Crippen LogP) is 2.96. The van der Waals surface area contributed by atoms with E-state index in [1.165, 1.54) is 6.42 Å². The molecule has 2 aromatic rings. The maximum atomic E-state index is 4.48. The molecular formula is C16H20N4. The summed E-state index contributed by atoms with van der Waals surface area (Å²) in [7, 11) is 0. The molecule has 20 heavy (non-hydrogen) atoms. The Balaban J connectivity index is 1.71. The third kappa shape index (κ3) is 2.69. The average Bonchev–Trinajstić information content (AvgIpc) is 3.10. The zero-order chi connectivity index (χ0) is 13.8. The summed E-state index contributed by atoms with van der Waals surface area (Å²) in [5, 5.41) is 0. The van der Waals surface area contributed by atoms with E-state index in [1.807, 2.05) is 30.6 Å². The van der Waals surface area contributed by atoms with E-state index in [0.29, 0.717) is 0 Å². The van der Waals surface area contributed by atoms with Gasteiger partial charge < -0.3 is 14.4 Å². The van der Waals surface area contributed by atoms with Crippen molar-refractivity contribution >= 4 is 0 Å². The van der Waals surface area contributed by atoms with Crippen molar-refractivity contribution in [3.05, 3.63) is 55.1 Å². The van der Waals surface area contributed by atoms with E-state index in [-0.39, 0.29) is 0 Å². The zero-order valence-corrected chi connectivity index (χ0v) is 11.8. The number of aromatic nitrogens is 2. The van der Waals surface area contributed by atoms with Crippen molar-refractivity contribution < 1.29 is 0 Å². The molecule has 3 rings (SSSR count). The molecule has 0 saturated heterocycles. The second-order valence-corrected chi connectivity index (χ2v) is 5.07. The summed E-state index contributed by atoms with van der Waals surface area (Å²) >= 11 is 0. The molecule has 4 heteroatoms. The molecule has 0 aliphatic carbocycles. The topological polar surface area (TPSA) is 24.3 Å². The van der Waals surface area contributed by atoms with Crippen LogP contribution < -0.4 is 0 Å². The van der Waals surface area contributed by atoms with Crippen molar-refractivity contribution in [3.8, 4) is 11.4 Å². The van der Waals surface area contributed by atoms with E-state index in [9.17, 15) is 0 Å². The van der Waals surface area contributed by atoms with Crippen LogP contribution in [0.5, 0.6) is 0 Å². The van der Waals surface area contributed by atoms with Crippen molar-refractivity contribution in [1.29, 1.82) is 0 Å². The summed E-state index contributed by atoms with van der Waals surface area (Å²) in [6.07, 6.45) is 9.41. The van der Waals surface area contributed by atoms with Crippen LogP contribution in [0.3, 0.4) is 0 Å². The first-order chi connectivity index (χ1) is 9.86. The predicted molar refractivity (Wildman–Crippen MR) is 80.5 cm³/mol. The molecular weight excluding hydrogens is 248 g/mol. The lowest BCUT2D eigenvalue weighted by molar-refractivity contribution is 0.229. The van der Waals surface area contributed by atoms with Crippen molar-refractivity contribution in [2.24, 2.45) is 0 Å². The maximum Gasteiger partial charge on any atom is 0.141 e. The van der Waals surface area contributed by atoms with Crippen molar-refractivity contribution in [3.63, 3.8) is 0 Å². The Morgan fingerprint density at radius 3 is 2.70 bits per heavy atom. The van der Waals surface area contributed by atoms with Gasteiger partial charge >= 0.3 is 0 Å². The van der Waals surface area contributed by atoms with Gasteiger partial charge in [0.25, 0.3) is 0 Å². The Morgan fingerprint density at radius 1 is 1.10 bits per heavy atom.